The Morgan fingerprint density at radius 1 is 0.714 bits per heavy atom. The van der Waals surface area contributed by atoms with E-state index in [1.807, 2.05) is 0 Å². The first-order valence-corrected chi connectivity index (χ1v) is 17.8. The highest BCUT2D eigenvalue weighted by molar-refractivity contribution is 7.47. The van der Waals surface area contributed by atoms with Crippen LogP contribution in [0.5, 0.6) is 0 Å². The molecule has 9 nitrogen and oxygen atoms in total. The van der Waals surface area contributed by atoms with Crippen LogP contribution in [-0.2, 0) is 32.7 Å². The molecule has 0 aromatic rings. The van der Waals surface area contributed by atoms with Crippen molar-refractivity contribution in [1.82, 2.24) is 0 Å². The van der Waals surface area contributed by atoms with Gasteiger partial charge in [0.2, 0.25) is 0 Å². The lowest BCUT2D eigenvalue weighted by molar-refractivity contribution is -0.161. The van der Waals surface area contributed by atoms with Gasteiger partial charge in [-0.25, -0.2) is 4.57 Å². The maximum Gasteiger partial charge on any atom is 0.472 e. The van der Waals surface area contributed by atoms with Crippen LogP contribution in [0.4, 0.5) is 0 Å². The van der Waals surface area contributed by atoms with Gasteiger partial charge in [0.05, 0.1) is 13.2 Å². The molecule has 0 heterocycles. The van der Waals surface area contributed by atoms with E-state index in [1.54, 1.807) is 0 Å². The second kappa shape index (κ2) is 29.6. The highest BCUT2D eigenvalue weighted by atomic mass is 31.2. The number of esters is 2. The number of carbonyl (C=O) groups is 2. The second-order valence-electron chi connectivity index (χ2n) is 10.7. The van der Waals surface area contributed by atoms with Gasteiger partial charge in [-0.05, 0) is 44.9 Å². The van der Waals surface area contributed by atoms with Gasteiger partial charge in [-0.1, -0.05) is 102 Å². The molecule has 0 rings (SSSR count). The predicted molar refractivity (Wildman–Crippen MR) is 169 cm³/mol. The summed E-state index contributed by atoms with van der Waals surface area (Å²) in [6.07, 6.45) is 26.8. The van der Waals surface area contributed by atoms with E-state index < -0.39 is 32.5 Å². The number of phosphoric acid groups is 1. The molecule has 246 valence electrons. The van der Waals surface area contributed by atoms with Crippen LogP contribution in [0.1, 0.15) is 136 Å². The monoisotopic (exact) mass is 617 g/mol. The molecule has 0 fully saturated rings. The van der Waals surface area contributed by atoms with Gasteiger partial charge in [0.15, 0.2) is 6.10 Å². The molecule has 3 N–H and O–H groups in total. The van der Waals surface area contributed by atoms with Crippen molar-refractivity contribution in [2.45, 2.75) is 142 Å². The van der Waals surface area contributed by atoms with Crippen molar-refractivity contribution in [3.8, 4) is 0 Å². The fraction of sp³-hybridized carbons (Fsp3) is 0.812. The summed E-state index contributed by atoms with van der Waals surface area (Å²) in [4.78, 5) is 34.2. The third-order valence-corrected chi connectivity index (χ3v) is 7.57. The third-order valence-electron chi connectivity index (χ3n) is 6.59. The van der Waals surface area contributed by atoms with Crippen LogP contribution in [0.3, 0.4) is 0 Å². The summed E-state index contributed by atoms with van der Waals surface area (Å²) < 4.78 is 32.3. The Morgan fingerprint density at radius 3 is 1.83 bits per heavy atom. The molecule has 10 heteroatoms. The smallest absolute Gasteiger partial charge is 0.462 e. The Balaban J connectivity index is 4.23. The van der Waals surface area contributed by atoms with Crippen molar-refractivity contribution < 1.29 is 37.6 Å². The number of nitrogens with two attached hydrogens (primary N) is 1. The number of ether oxygens (including phenoxy) is 2. The van der Waals surface area contributed by atoms with Crippen LogP contribution in [0.15, 0.2) is 24.3 Å². The van der Waals surface area contributed by atoms with E-state index in [2.05, 4.69) is 38.2 Å². The molecular weight excluding hydrogens is 557 g/mol. The summed E-state index contributed by atoms with van der Waals surface area (Å²) in [6, 6.07) is 0. The normalized spacial score (nSPS) is 13.9. The van der Waals surface area contributed by atoms with Gasteiger partial charge in [0.25, 0.3) is 0 Å². The Hall–Kier alpha value is -1.51. The van der Waals surface area contributed by atoms with Gasteiger partial charge in [-0.3, -0.25) is 18.6 Å². The number of carbonyl (C=O) groups excluding carboxylic acids is 2. The standard InChI is InChI=1S/C32H60NO8P/c1-3-5-7-9-10-11-12-13-14-15-16-17-18-19-21-23-25-32(35)41-30(29-40-42(36,37)39-27-26-33)28-38-31(34)24-22-20-8-6-4-2/h11-12,14-15,30H,3-10,13,16-29,33H2,1-2H3,(H,36,37)/b12-11-,15-14-. The minimum Gasteiger partial charge on any atom is -0.462 e. The number of allylic oxidation sites excluding steroid dienone is 4. The summed E-state index contributed by atoms with van der Waals surface area (Å²) in [5.74, 6) is -0.862. The van der Waals surface area contributed by atoms with Crippen molar-refractivity contribution in [2.75, 3.05) is 26.4 Å². The van der Waals surface area contributed by atoms with Crippen molar-refractivity contribution in [3.63, 3.8) is 0 Å². The van der Waals surface area contributed by atoms with Gasteiger partial charge < -0.3 is 20.1 Å². The number of hydrogen-bond acceptors (Lipinski definition) is 8. The van der Waals surface area contributed by atoms with Crippen molar-refractivity contribution in [3.05, 3.63) is 24.3 Å². The van der Waals surface area contributed by atoms with Crippen LogP contribution >= 0.6 is 7.82 Å². The molecule has 0 radical (unpaired) electrons. The Bertz CT molecular complexity index is 759. The minimum absolute atomic E-state index is 0.0514. The van der Waals surface area contributed by atoms with Crippen LogP contribution in [0.2, 0.25) is 0 Å². The van der Waals surface area contributed by atoms with Gasteiger partial charge >= 0.3 is 19.8 Å². The maximum atomic E-state index is 12.4. The molecule has 0 aliphatic rings. The predicted octanol–water partition coefficient (Wildman–Crippen LogP) is 8.10. The molecule has 2 atom stereocenters. The third kappa shape index (κ3) is 28.6. The maximum absolute atomic E-state index is 12.4. The van der Waals surface area contributed by atoms with Gasteiger partial charge in [-0.15, -0.1) is 0 Å². The second-order valence-corrected chi connectivity index (χ2v) is 12.1. The topological polar surface area (TPSA) is 134 Å². The first-order valence-electron chi connectivity index (χ1n) is 16.3. The van der Waals surface area contributed by atoms with Gasteiger partial charge in [-0.2, -0.15) is 0 Å². The molecule has 0 saturated heterocycles. The number of rotatable bonds is 30. The van der Waals surface area contributed by atoms with E-state index in [4.69, 9.17) is 24.3 Å². The molecule has 0 aliphatic carbocycles. The average Bonchev–Trinajstić information content (AvgIpc) is 2.97. The number of hydrogen-bond donors (Lipinski definition) is 2. The minimum atomic E-state index is -4.36. The van der Waals surface area contributed by atoms with E-state index in [1.165, 1.54) is 32.1 Å². The summed E-state index contributed by atoms with van der Waals surface area (Å²) in [6.45, 7) is 3.57. The van der Waals surface area contributed by atoms with E-state index >= 15 is 0 Å². The molecule has 2 unspecified atom stereocenters. The molecule has 0 aromatic carbocycles. The first kappa shape index (κ1) is 40.5. The van der Waals surface area contributed by atoms with Gasteiger partial charge in [0, 0.05) is 19.4 Å². The molecule has 0 aromatic heterocycles. The fourth-order valence-electron chi connectivity index (χ4n) is 4.13. The zero-order chi connectivity index (χ0) is 31.2. The quantitative estimate of drug-likeness (QED) is 0.0355. The molecule has 0 aliphatic heterocycles. The summed E-state index contributed by atoms with van der Waals surface area (Å²) in [7, 11) is -4.36. The highest BCUT2D eigenvalue weighted by Gasteiger charge is 2.25. The number of unbranched alkanes of at least 4 members (excludes halogenated alkanes) is 13. The Morgan fingerprint density at radius 2 is 1.24 bits per heavy atom. The summed E-state index contributed by atoms with van der Waals surface area (Å²) in [5.41, 5.74) is 5.29. The Labute approximate surface area is 255 Å². The molecule has 0 bridgehead atoms. The summed E-state index contributed by atoms with van der Waals surface area (Å²) >= 11 is 0. The first-order chi connectivity index (χ1) is 20.3. The van der Waals surface area contributed by atoms with Crippen molar-refractivity contribution in [1.29, 1.82) is 0 Å². The molecule has 0 saturated carbocycles. The highest BCUT2D eigenvalue weighted by Crippen LogP contribution is 2.43. The fourth-order valence-corrected chi connectivity index (χ4v) is 4.90. The van der Waals surface area contributed by atoms with Crippen LogP contribution in [0.25, 0.3) is 0 Å². The van der Waals surface area contributed by atoms with E-state index in [0.29, 0.717) is 6.42 Å². The molecular formula is C32H60NO8P. The van der Waals surface area contributed by atoms with E-state index in [9.17, 15) is 19.0 Å². The van der Waals surface area contributed by atoms with Crippen molar-refractivity contribution in [2.24, 2.45) is 5.73 Å². The largest absolute Gasteiger partial charge is 0.472 e. The lowest BCUT2D eigenvalue weighted by Crippen LogP contribution is -2.29. The average molecular weight is 618 g/mol. The zero-order valence-electron chi connectivity index (χ0n) is 26.5. The SMILES string of the molecule is CCCCCC/C=C\C/C=C\CCCCCCCC(=O)OC(COC(=O)CCCCCCC)COP(=O)(O)OCCN. The van der Waals surface area contributed by atoms with E-state index in [-0.39, 0.29) is 32.6 Å². The van der Waals surface area contributed by atoms with Crippen molar-refractivity contribution >= 4 is 19.8 Å². The number of phosphoric ester groups is 1. The van der Waals surface area contributed by atoms with Crippen LogP contribution in [0, 0.1) is 0 Å². The summed E-state index contributed by atoms with van der Waals surface area (Å²) in [5, 5.41) is 0. The zero-order valence-corrected chi connectivity index (χ0v) is 27.4. The Kier molecular flexibility index (Phi) is 28.5. The van der Waals surface area contributed by atoms with E-state index in [0.717, 1.165) is 70.6 Å². The molecule has 0 spiro atoms. The molecule has 0 amide bonds. The lowest BCUT2D eigenvalue weighted by Gasteiger charge is -2.19. The van der Waals surface area contributed by atoms with Gasteiger partial charge in [0.1, 0.15) is 6.61 Å². The lowest BCUT2D eigenvalue weighted by atomic mass is 10.1. The van der Waals surface area contributed by atoms with Crippen LogP contribution < -0.4 is 5.73 Å². The molecule has 42 heavy (non-hydrogen) atoms. The van der Waals surface area contributed by atoms with Crippen LogP contribution in [-0.4, -0.2) is 49.3 Å².